The first-order valence-corrected chi connectivity index (χ1v) is 5.19. The van der Waals surface area contributed by atoms with Crippen molar-refractivity contribution in [1.82, 2.24) is 4.98 Å². The zero-order valence-electron chi connectivity index (χ0n) is 7.37. The third-order valence-corrected chi connectivity index (χ3v) is 2.87. The average molecular weight is 225 g/mol. The Labute approximate surface area is 89.3 Å². The number of H-pyrrole nitrogens is 1. The Bertz CT molecular complexity index is 541. The van der Waals surface area contributed by atoms with Gasteiger partial charge in [0.05, 0.1) is 4.70 Å². The molecule has 0 aliphatic heterocycles. The van der Waals surface area contributed by atoms with Gasteiger partial charge in [-0.2, -0.15) is 0 Å². The molecule has 0 atom stereocenters. The van der Waals surface area contributed by atoms with Gasteiger partial charge in [-0.1, -0.05) is 6.07 Å². The molecule has 0 amide bonds. The fourth-order valence-corrected chi connectivity index (χ4v) is 2.31. The molecule has 0 unspecified atom stereocenters. The number of thiazole rings is 1. The summed E-state index contributed by atoms with van der Waals surface area (Å²) < 4.78 is 6.71. The lowest BCUT2D eigenvalue weighted by Crippen LogP contribution is -2.01. The van der Waals surface area contributed by atoms with Crippen molar-refractivity contribution >= 4 is 39.7 Å². The molecule has 1 heterocycles. The Morgan fingerprint density at radius 1 is 1.57 bits per heavy atom. The quantitative estimate of drug-likeness (QED) is 0.461. The molecule has 0 saturated heterocycles. The Morgan fingerprint density at radius 2 is 2.36 bits per heavy atom. The van der Waals surface area contributed by atoms with Gasteiger partial charge in [0.15, 0.2) is 9.70 Å². The van der Waals surface area contributed by atoms with Gasteiger partial charge in [0.2, 0.25) is 0 Å². The van der Waals surface area contributed by atoms with Crippen molar-refractivity contribution in [2.45, 2.75) is 6.92 Å². The van der Waals surface area contributed by atoms with E-state index in [0.717, 1.165) is 10.2 Å². The van der Waals surface area contributed by atoms with Gasteiger partial charge in [-0.25, -0.2) is 0 Å². The van der Waals surface area contributed by atoms with E-state index in [1.54, 1.807) is 6.07 Å². The van der Waals surface area contributed by atoms with Crippen molar-refractivity contribution in [2.75, 3.05) is 0 Å². The normalized spacial score (nSPS) is 10.4. The highest BCUT2D eigenvalue weighted by molar-refractivity contribution is 7.73. The van der Waals surface area contributed by atoms with E-state index in [-0.39, 0.29) is 5.97 Å². The van der Waals surface area contributed by atoms with Crippen LogP contribution in [-0.4, -0.2) is 11.0 Å². The average Bonchev–Trinajstić information content (AvgIpc) is 2.45. The molecule has 0 aliphatic rings. The van der Waals surface area contributed by atoms with Gasteiger partial charge in [0.1, 0.15) is 5.52 Å². The Morgan fingerprint density at radius 3 is 3.07 bits per heavy atom. The van der Waals surface area contributed by atoms with E-state index in [1.807, 2.05) is 12.1 Å². The minimum absolute atomic E-state index is 0.331. The van der Waals surface area contributed by atoms with E-state index >= 15 is 0 Å². The van der Waals surface area contributed by atoms with Gasteiger partial charge in [-0.05, 0) is 24.4 Å². The Kier molecular flexibility index (Phi) is 2.35. The number of carbonyl (C=O) groups excluding carboxylic acids is 1. The number of esters is 1. The summed E-state index contributed by atoms with van der Waals surface area (Å²) in [5, 5.41) is 0. The number of ether oxygens (including phenoxy) is 1. The first kappa shape index (κ1) is 9.36. The molecule has 14 heavy (non-hydrogen) atoms. The molecule has 72 valence electrons. The van der Waals surface area contributed by atoms with E-state index in [0.29, 0.717) is 9.70 Å². The van der Waals surface area contributed by atoms with Crippen LogP contribution in [0.1, 0.15) is 6.92 Å². The van der Waals surface area contributed by atoms with Crippen LogP contribution in [0.5, 0.6) is 5.75 Å². The van der Waals surface area contributed by atoms with Gasteiger partial charge in [0.25, 0.3) is 0 Å². The van der Waals surface area contributed by atoms with E-state index in [2.05, 4.69) is 4.98 Å². The largest absolute Gasteiger partial charge is 0.424 e. The van der Waals surface area contributed by atoms with Crippen LogP contribution in [0.4, 0.5) is 0 Å². The molecule has 3 nitrogen and oxygen atoms in total. The zero-order valence-corrected chi connectivity index (χ0v) is 9.00. The molecule has 2 aromatic rings. The monoisotopic (exact) mass is 225 g/mol. The standard InChI is InChI=1S/C9H7NO2S2/c1-5(11)12-6-3-2-4-7-8(6)10-9(13)14-7/h2-4H,1H3,(H,10,13). The first-order chi connectivity index (χ1) is 6.66. The van der Waals surface area contributed by atoms with Crippen molar-refractivity contribution in [3.8, 4) is 5.75 Å². The molecular formula is C9H7NO2S2. The number of hydrogen-bond donors (Lipinski definition) is 1. The van der Waals surface area contributed by atoms with Crippen LogP contribution in [0, 0.1) is 3.95 Å². The van der Waals surface area contributed by atoms with Crippen LogP contribution in [0.3, 0.4) is 0 Å². The van der Waals surface area contributed by atoms with Crippen molar-refractivity contribution in [2.24, 2.45) is 0 Å². The maximum atomic E-state index is 10.8. The second-order valence-corrected chi connectivity index (χ2v) is 4.46. The number of rotatable bonds is 1. The summed E-state index contributed by atoms with van der Waals surface area (Å²) in [5.41, 5.74) is 0.790. The molecule has 0 bridgehead atoms. The summed E-state index contributed by atoms with van der Waals surface area (Å²) in [7, 11) is 0. The fraction of sp³-hybridized carbons (Fsp3) is 0.111. The molecular weight excluding hydrogens is 218 g/mol. The summed E-state index contributed by atoms with van der Waals surface area (Å²) in [6.07, 6.45) is 0. The number of aromatic nitrogens is 1. The lowest BCUT2D eigenvalue weighted by molar-refractivity contribution is -0.131. The molecule has 2 rings (SSSR count). The summed E-state index contributed by atoms with van der Waals surface area (Å²) in [6, 6.07) is 5.50. The highest BCUT2D eigenvalue weighted by Crippen LogP contribution is 2.27. The van der Waals surface area contributed by atoms with Gasteiger partial charge in [-0.15, -0.1) is 11.3 Å². The van der Waals surface area contributed by atoms with Crippen molar-refractivity contribution in [1.29, 1.82) is 0 Å². The minimum atomic E-state index is -0.331. The molecule has 1 N–H and O–H groups in total. The number of hydrogen-bond acceptors (Lipinski definition) is 4. The van der Waals surface area contributed by atoms with Crippen molar-refractivity contribution in [3.63, 3.8) is 0 Å². The number of fused-ring (bicyclic) bond motifs is 1. The lowest BCUT2D eigenvalue weighted by atomic mass is 10.3. The number of aromatic amines is 1. The smallest absolute Gasteiger partial charge is 0.308 e. The Hall–Kier alpha value is -1.20. The molecule has 5 heteroatoms. The van der Waals surface area contributed by atoms with Gasteiger partial charge >= 0.3 is 5.97 Å². The summed E-state index contributed by atoms with van der Waals surface area (Å²) >= 11 is 6.47. The van der Waals surface area contributed by atoms with Crippen LogP contribution < -0.4 is 4.74 Å². The lowest BCUT2D eigenvalue weighted by Gasteiger charge is -2.00. The second-order valence-electron chi connectivity index (χ2n) is 2.74. The summed E-state index contributed by atoms with van der Waals surface area (Å²) in [5.74, 6) is 0.199. The van der Waals surface area contributed by atoms with Crippen LogP contribution in [0.25, 0.3) is 10.2 Å². The van der Waals surface area contributed by atoms with Crippen LogP contribution in [-0.2, 0) is 4.79 Å². The van der Waals surface area contributed by atoms with E-state index in [1.165, 1.54) is 18.3 Å². The predicted molar refractivity (Wildman–Crippen MR) is 58.3 cm³/mol. The third-order valence-electron chi connectivity index (χ3n) is 1.67. The first-order valence-electron chi connectivity index (χ1n) is 3.97. The SMILES string of the molecule is CC(=O)Oc1cccc2sc(=S)[nH]c12. The maximum Gasteiger partial charge on any atom is 0.308 e. The molecule has 0 aliphatic carbocycles. The minimum Gasteiger partial charge on any atom is -0.424 e. The van der Waals surface area contributed by atoms with Gasteiger partial charge in [-0.3, -0.25) is 4.79 Å². The van der Waals surface area contributed by atoms with Crippen molar-refractivity contribution in [3.05, 3.63) is 22.2 Å². The third kappa shape index (κ3) is 1.69. The number of carbonyl (C=O) groups is 1. The number of benzene rings is 1. The molecule has 0 saturated carbocycles. The molecule has 0 spiro atoms. The van der Waals surface area contributed by atoms with Crippen LogP contribution in [0.2, 0.25) is 0 Å². The van der Waals surface area contributed by atoms with E-state index < -0.39 is 0 Å². The zero-order chi connectivity index (χ0) is 10.1. The molecule has 0 fully saturated rings. The van der Waals surface area contributed by atoms with Gasteiger partial charge < -0.3 is 9.72 Å². The molecule has 0 radical (unpaired) electrons. The maximum absolute atomic E-state index is 10.8. The Balaban J connectivity index is 2.64. The van der Waals surface area contributed by atoms with E-state index in [4.69, 9.17) is 17.0 Å². The predicted octanol–water partition coefficient (Wildman–Crippen LogP) is 2.88. The molecule has 1 aromatic carbocycles. The van der Waals surface area contributed by atoms with Crippen molar-refractivity contribution < 1.29 is 9.53 Å². The second kappa shape index (κ2) is 3.51. The number of para-hydroxylation sites is 1. The van der Waals surface area contributed by atoms with Crippen LogP contribution in [0.15, 0.2) is 18.2 Å². The summed E-state index contributed by atoms with van der Waals surface area (Å²) in [6.45, 7) is 1.37. The highest BCUT2D eigenvalue weighted by atomic mass is 32.1. The van der Waals surface area contributed by atoms with E-state index in [9.17, 15) is 4.79 Å². The summed E-state index contributed by atoms with van der Waals surface area (Å²) in [4.78, 5) is 13.8. The van der Waals surface area contributed by atoms with Crippen LogP contribution >= 0.6 is 23.6 Å². The molecule has 1 aromatic heterocycles. The highest BCUT2D eigenvalue weighted by Gasteiger charge is 2.05. The van der Waals surface area contributed by atoms with Gasteiger partial charge in [0, 0.05) is 6.92 Å². The fourth-order valence-electron chi connectivity index (χ4n) is 1.19. The topological polar surface area (TPSA) is 42.1 Å². The number of nitrogens with one attached hydrogen (secondary N) is 1.